The number of nitrogens with one attached hydrogen (secondary N) is 1. The summed E-state index contributed by atoms with van der Waals surface area (Å²) < 4.78 is 39.0. The summed E-state index contributed by atoms with van der Waals surface area (Å²) in [4.78, 5) is 7.05. The lowest BCUT2D eigenvalue weighted by Gasteiger charge is -2.10. The zero-order valence-electron chi connectivity index (χ0n) is 10.0. The van der Waals surface area contributed by atoms with Crippen LogP contribution in [0.1, 0.15) is 5.56 Å². The van der Waals surface area contributed by atoms with Gasteiger partial charge in [-0.3, -0.25) is 0 Å². The van der Waals surface area contributed by atoms with Crippen LogP contribution in [0.2, 0.25) is 5.02 Å². The van der Waals surface area contributed by atoms with Crippen LogP contribution in [0.25, 0.3) is 22.4 Å². The van der Waals surface area contributed by atoms with Crippen molar-refractivity contribution in [2.75, 3.05) is 0 Å². The van der Waals surface area contributed by atoms with Crippen LogP contribution in [0.5, 0.6) is 0 Å². The number of halogens is 4. The predicted molar refractivity (Wildman–Crippen MR) is 71.5 cm³/mol. The summed E-state index contributed by atoms with van der Waals surface area (Å²) in [6, 6.07) is 10.3. The van der Waals surface area contributed by atoms with E-state index in [2.05, 4.69) is 9.97 Å². The first kappa shape index (κ1) is 13.0. The molecule has 0 bridgehead atoms. The number of fused-ring (bicyclic) bond motifs is 1. The van der Waals surface area contributed by atoms with Crippen LogP contribution in [0.3, 0.4) is 0 Å². The molecular formula is C14H8ClF3N2. The Hall–Kier alpha value is -2.01. The zero-order valence-corrected chi connectivity index (χ0v) is 10.8. The molecule has 3 rings (SSSR count). The monoisotopic (exact) mass is 296 g/mol. The Labute approximate surface area is 117 Å². The average molecular weight is 297 g/mol. The third-order valence-electron chi connectivity index (χ3n) is 2.93. The van der Waals surface area contributed by atoms with E-state index in [0.717, 1.165) is 6.07 Å². The highest BCUT2D eigenvalue weighted by Crippen LogP contribution is 2.36. The molecule has 0 aliphatic carbocycles. The topological polar surface area (TPSA) is 28.7 Å². The smallest absolute Gasteiger partial charge is 0.338 e. The van der Waals surface area contributed by atoms with Crippen molar-refractivity contribution < 1.29 is 13.2 Å². The van der Waals surface area contributed by atoms with Gasteiger partial charge in [-0.1, -0.05) is 29.8 Å². The molecule has 1 heterocycles. The first-order valence-electron chi connectivity index (χ1n) is 5.77. The SMILES string of the molecule is FC(F)(F)c1ccccc1-c1nc2ccc(Cl)cc2[nH]1. The molecule has 0 amide bonds. The number of nitrogens with zero attached hydrogens (tertiary/aromatic N) is 1. The molecule has 0 unspecified atom stereocenters. The van der Waals surface area contributed by atoms with Gasteiger partial charge < -0.3 is 4.98 Å². The van der Waals surface area contributed by atoms with Crippen LogP contribution in [0.15, 0.2) is 42.5 Å². The number of hydrogen-bond donors (Lipinski definition) is 1. The Kier molecular flexibility index (Phi) is 2.94. The summed E-state index contributed by atoms with van der Waals surface area (Å²) in [7, 11) is 0. The molecule has 0 radical (unpaired) electrons. The summed E-state index contributed by atoms with van der Waals surface area (Å²) >= 11 is 5.85. The predicted octanol–water partition coefficient (Wildman–Crippen LogP) is 4.90. The summed E-state index contributed by atoms with van der Waals surface area (Å²) in [5.74, 6) is 0.176. The van der Waals surface area contributed by atoms with Crippen molar-refractivity contribution in [3.63, 3.8) is 0 Å². The molecule has 2 aromatic carbocycles. The molecular weight excluding hydrogens is 289 g/mol. The number of benzene rings is 2. The molecule has 0 spiro atoms. The second-order valence-corrected chi connectivity index (χ2v) is 4.73. The Morgan fingerprint density at radius 2 is 1.80 bits per heavy atom. The Balaban J connectivity index is 2.21. The van der Waals surface area contributed by atoms with Crippen LogP contribution < -0.4 is 0 Å². The molecule has 0 saturated heterocycles. The molecule has 102 valence electrons. The summed E-state index contributed by atoms with van der Waals surface area (Å²) in [6.45, 7) is 0. The Morgan fingerprint density at radius 3 is 2.55 bits per heavy atom. The van der Waals surface area contributed by atoms with Crippen molar-refractivity contribution in [3.8, 4) is 11.4 Å². The van der Waals surface area contributed by atoms with Crippen LogP contribution in [-0.4, -0.2) is 9.97 Å². The summed E-state index contributed by atoms with van der Waals surface area (Å²) in [6.07, 6.45) is -4.42. The first-order valence-corrected chi connectivity index (χ1v) is 6.15. The summed E-state index contributed by atoms with van der Waals surface area (Å²) in [5.41, 5.74) is 0.475. The normalized spacial score (nSPS) is 12.0. The molecule has 6 heteroatoms. The minimum atomic E-state index is -4.42. The summed E-state index contributed by atoms with van der Waals surface area (Å²) in [5, 5.41) is 0.497. The lowest BCUT2D eigenvalue weighted by molar-refractivity contribution is -0.137. The maximum absolute atomic E-state index is 13.0. The fourth-order valence-corrected chi connectivity index (χ4v) is 2.22. The fraction of sp³-hybridized carbons (Fsp3) is 0.0714. The van der Waals surface area contributed by atoms with E-state index in [1.54, 1.807) is 24.3 Å². The van der Waals surface area contributed by atoms with Crippen LogP contribution >= 0.6 is 11.6 Å². The largest absolute Gasteiger partial charge is 0.417 e. The highest BCUT2D eigenvalue weighted by Gasteiger charge is 2.34. The lowest BCUT2D eigenvalue weighted by Crippen LogP contribution is -2.07. The second-order valence-electron chi connectivity index (χ2n) is 4.29. The van der Waals surface area contributed by atoms with E-state index in [1.165, 1.54) is 12.1 Å². The van der Waals surface area contributed by atoms with Crippen LogP contribution in [-0.2, 0) is 6.18 Å². The molecule has 3 aromatic rings. The number of alkyl halides is 3. The van der Waals surface area contributed by atoms with Crippen molar-refractivity contribution in [2.45, 2.75) is 6.18 Å². The minimum Gasteiger partial charge on any atom is -0.338 e. The van der Waals surface area contributed by atoms with Crippen molar-refractivity contribution in [1.82, 2.24) is 9.97 Å². The van der Waals surface area contributed by atoms with Gasteiger partial charge in [0.15, 0.2) is 0 Å². The van der Waals surface area contributed by atoms with Gasteiger partial charge >= 0.3 is 6.18 Å². The van der Waals surface area contributed by atoms with Crippen molar-refractivity contribution in [3.05, 3.63) is 53.1 Å². The Morgan fingerprint density at radius 1 is 1.05 bits per heavy atom. The third-order valence-corrected chi connectivity index (χ3v) is 3.17. The van der Waals surface area contributed by atoms with Gasteiger partial charge in [0.1, 0.15) is 5.82 Å². The highest BCUT2D eigenvalue weighted by molar-refractivity contribution is 6.31. The molecule has 0 aliphatic heterocycles. The van der Waals surface area contributed by atoms with Gasteiger partial charge in [0.2, 0.25) is 0 Å². The van der Waals surface area contributed by atoms with E-state index < -0.39 is 11.7 Å². The van der Waals surface area contributed by atoms with Crippen molar-refractivity contribution in [2.24, 2.45) is 0 Å². The third kappa shape index (κ3) is 2.25. The van der Waals surface area contributed by atoms with E-state index >= 15 is 0 Å². The van der Waals surface area contributed by atoms with E-state index in [-0.39, 0.29) is 11.4 Å². The lowest BCUT2D eigenvalue weighted by atomic mass is 10.1. The number of aromatic nitrogens is 2. The molecule has 0 atom stereocenters. The zero-order chi connectivity index (χ0) is 14.3. The van der Waals surface area contributed by atoms with Gasteiger partial charge in [0, 0.05) is 10.6 Å². The number of H-pyrrole nitrogens is 1. The van der Waals surface area contributed by atoms with E-state index in [4.69, 9.17) is 11.6 Å². The molecule has 0 aliphatic rings. The van der Waals surface area contributed by atoms with Gasteiger partial charge in [-0.05, 0) is 24.3 Å². The van der Waals surface area contributed by atoms with Crippen LogP contribution in [0.4, 0.5) is 13.2 Å². The first-order chi connectivity index (χ1) is 9.45. The van der Waals surface area contributed by atoms with E-state index in [0.29, 0.717) is 16.1 Å². The van der Waals surface area contributed by atoms with Gasteiger partial charge in [-0.15, -0.1) is 0 Å². The average Bonchev–Trinajstić information content (AvgIpc) is 2.80. The maximum atomic E-state index is 13.0. The van der Waals surface area contributed by atoms with Crippen molar-refractivity contribution in [1.29, 1.82) is 0 Å². The maximum Gasteiger partial charge on any atom is 0.417 e. The number of aromatic amines is 1. The van der Waals surface area contributed by atoms with Gasteiger partial charge in [-0.2, -0.15) is 13.2 Å². The number of hydrogen-bond acceptors (Lipinski definition) is 1. The molecule has 1 aromatic heterocycles. The number of imidazole rings is 1. The fourth-order valence-electron chi connectivity index (χ4n) is 2.05. The van der Waals surface area contributed by atoms with E-state index in [9.17, 15) is 13.2 Å². The standard InChI is InChI=1S/C14H8ClF3N2/c15-8-5-6-11-12(7-8)20-13(19-11)9-3-1-2-4-10(9)14(16,17)18/h1-7H,(H,19,20). The molecule has 1 N–H and O–H groups in total. The highest BCUT2D eigenvalue weighted by atomic mass is 35.5. The Bertz CT molecular complexity index is 777. The van der Waals surface area contributed by atoms with Crippen molar-refractivity contribution >= 4 is 22.6 Å². The van der Waals surface area contributed by atoms with Crippen LogP contribution in [0, 0.1) is 0 Å². The van der Waals surface area contributed by atoms with Gasteiger partial charge in [0.25, 0.3) is 0 Å². The van der Waals surface area contributed by atoms with Gasteiger partial charge in [0.05, 0.1) is 16.6 Å². The molecule has 20 heavy (non-hydrogen) atoms. The molecule has 0 saturated carbocycles. The second kappa shape index (κ2) is 4.52. The molecule has 0 fully saturated rings. The molecule has 2 nitrogen and oxygen atoms in total. The minimum absolute atomic E-state index is 0.0207. The quantitative estimate of drug-likeness (QED) is 0.679. The van der Waals surface area contributed by atoms with E-state index in [1.807, 2.05) is 0 Å². The van der Waals surface area contributed by atoms with Gasteiger partial charge in [-0.25, -0.2) is 4.98 Å². The number of rotatable bonds is 1.